The fourth-order valence-corrected chi connectivity index (χ4v) is 2.44. The lowest BCUT2D eigenvalue weighted by molar-refractivity contribution is 0.112. The monoisotopic (exact) mass is 319 g/mol. The number of pyridine rings is 1. The molecule has 5 heteroatoms. The lowest BCUT2D eigenvalue weighted by Gasteiger charge is -2.09. The van der Waals surface area contributed by atoms with Gasteiger partial charge >= 0.3 is 0 Å². The SMILES string of the molecule is CC(C1CC1)n1cc(C=O)c(-c2ccc(Br)cn2)n1. The van der Waals surface area contributed by atoms with Crippen LogP contribution in [0.4, 0.5) is 0 Å². The molecule has 19 heavy (non-hydrogen) atoms. The molecule has 0 aliphatic heterocycles. The standard InChI is InChI=1S/C14H14BrN3O/c1-9(10-2-3-10)18-7-11(8-19)14(17-18)13-5-4-12(15)6-16-13/h4-10H,2-3H2,1H3. The van der Waals surface area contributed by atoms with E-state index in [1.807, 2.05) is 23.0 Å². The maximum Gasteiger partial charge on any atom is 0.153 e. The van der Waals surface area contributed by atoms with E-state index in [0.29, 0.717) is 23.2 Å². The number of halogens is 1. The third-order valence-corrected chi connectivity index (χ3v) is 4.05. The van der Waals surface area contributed by atoms with E-state index in [0.717, 1.165) is 16.5 Å². The highest BCUT2D eigenvalue weighted by Crippen LogP contribution is 2.39. The fraction of sp³-hybridized carbons (Fsp3) is 0.357. The van der Waals surface area contributed by atoms with Gasteiger partial charge in [0.25, 0.3) is 0 Å². The molecule has 1 atom stereocenters. The third-order valence-electron chi connectivity index (χ3n) is 3.58. The lowest BCUT2D eigenvalue weighted by Crippen LogP contribution is -2.07. The van der Waals surface area contributed by atoms with Gasteiger partial charge in [-0.2, -0.15) is 5.10 Å². The van der Waals surface area contributed by atoms with Crippen molar-refractivity contribution in [1.82, 2.24) is 14.8 Å². The van der Waals surface area contributed by atoms with Gasteiger partial charge in [0.1, 0.15) is 5.69 Å². The van der Waals surface area contributed by atoms with Crippen LogP contribution in [0.25, 0.3) is 11.4 Å². The second-order valence-electron chi connectivity index (χ2n) is 4.97. The van der Waals surface area contributed by atoms with Gasteiger partial charge in [-0.25, -0.2) is 0 Å². The van der Waals surface area contributed by atoms with Crippen molar-refractivity contribution in [3.63, 3.8) is 0 Å². The fourth-order valence-electron chi connectivity index (χ4n) is 2.21. The molecule has 2 aromatic heterocycles. The van der Waals surface area contributed by atoms with E-state index in [2.05, 4.69) is 32.9 Å². The predicted octanol–water partition coefficient (Wildman–Crippen LogP) is 3.49. The smallest absolute Gasteiger partial charge is 0.153 e. The number of hydrogen-bond acceptors (Lipinski definition) is 3. The highest BCUT2D eigenvalue weighted by atomic mass is 79.9. The summed E-state index contributed by atoms with van der Waals surface area (Å²) in [5.74, 6) is 0.699. The first-order chi connectivity index (χ1) is 9.19. The van der Waals surface area contributed by atoms with Crippen molar-refractivity contribution < 1.29 is 4.79 Å². The molecule has 0 saturated heterocycles. The summed E-state index contributed by atoms with van der Waals surface area (Å²) in [4.78, 5) is 15.5. The Bertz CT molecular complexity index is 602. The number of carbonyl (C=O) groups is 1. The predicted molar refractivity (Wildman–Crippen MR) is 76.0 cm³/mol. The quantitative estimate of drug-likeness (QED) is 0.810. The van der Waals surface area contributed by atoms with Crippen LogP contribution in [-0.4, -0.2) is 21.1 Å². The molecule has 2 heterocycles. The van der Waals surface area contributed by atoms with Gasteiger partial charge in [0.15, 0.2) is 6.29 Å². The number of aromatic nitrogens is 3. The largest absolute Gasteiger partial charge is 0.298 e. The Morgan fingerprint density at radius 3 is 2.84 bits per heavy atom. The second kappa shape index (κ2) is 4.89. The maximum atomic E-state index is 11.2. The molecule has 3 rings (SSSR count). The topological polar surface area (TPSA) is 47.8 Å². The summed E-state index contributed by atoms with van der Waals surface area (Å²) < 4.78 is 2.81. The van der Waals surface area contributed by atoms with Crippen molar-refractivity contribution in [3.8, 4) is 11.4 Å². The van der Waals surface area contributed by atoms with Crippen LogP contribution in [0, 0.1) is 5.92 Å². The van der Waals surface area contributed by atoms with Crippen molar-refractivity contribution in [2.24, 2.45) is 5.92 Å². The molecule has 0 aromatic carbocycles. The van der Waals surface area contributed by atoms with E-state index in [4.69, 9.17) is 0 Å². The molecular formula is C14H14BrN3O. The molecule has 0 bridgehead atoms. The number of carbonyl (C=O) groups excluding carboxylic acids is 1. The van der Waals surface area contributed by atoms with Crippen LogP contribution in [0.2, 0.25) is 0 Å². The molecule has 98 valence electrons. The molecule has 0 spiro atoms. The minimum atomic E-state index is 0.350. The van der Waals surface area contributed by atoms with Gasteiger partial charge in [0.2, 0.25) is 0 Å². The molecule has 0 amide bonds. The number of aldehydes is 1. The zero-order chi connectivity index (χ0) is 13.4. The Kier molecular flexibility index (Phi) is 3.22. The van der Waals surface area contributed by atoms with Crippen LogP contribution in [0.15, 0.2) is 29.0 Å². The minimum absolute atomic E-state index is 0.350. The summed E-state index contributed by atoms with van der Waals surface area (Å²) in [6.45, 7) is 2.15. The van der Waals surface area contributed by atoms with Gasteiger partial charge in [-0.05, 0) is 53.7 Å². The molecule has 1 saturated carbocycles. The lowest BCUT2D eigenvalue weighted by atomic mass is 10.2. The molecule has 0 N–H and O–H groups in total. The van der Waals surface area contributed by atoms with Crippen molar-refractivity contribution in [1.29, 1.82) is 0 Å². The van der Waals surface area contributed by atoms with Crippen LogP contribution in [0.1, 0.15) is 36.2 Å². The second-order valence-corrected chi connectivity index (χ2v) is 5.89. The van der Waals surface area contributed by atoms with Crippen LogP contribution < -0.4 is 0 Å². The van der Waals surface area contributed by atoms with E-state index >= 15 is 0 Å². The van der Waals surface area contributed by atoms with Gasteiger partial charge in [-0.3, -0.25) is 14.5 Å². The Hall–Kier alpha value is -1.49. The van der Waals surface area contributed by atoms with Gasteiger partial charge in [0, 0.05) is 16.9 Å². The molecule has 1 fully saturated rings. The van der Waals surface area contributed by atoms with Gasteiger partial charge in [0.05, 0.1) is 17.3 Å². The first-order valence-electron chi connectivity index (χ1n) is 6.35. The zero-order valence-electron chi connectivity index (χ0n) is 10.6. The first-order valence-corrected chi connectivity index (χ1v) is 7.14. The Morgan fingerprint density at radius 2 is 2.26 bits per heavy atom. The van der Waals surface area contributed by atoms with Gasteiger partial charge in [-0.15, -0.1) is 0 Å². The van der Waals surface area contributed by atoms with Gasteiger partial charge < -0.3 is 0 Å². The van der Waals surface area contributed by atoms with Crippen molar-refractivity contribution in [3.05, 3.63) is 34.6 Å². The Morgan fingerprint density at radius 1 is 1.47 bits per heavy atom. The molecule has 4 nitrogen and oxygen atoms in total. The van der Waals surface area contributed by atoms with Crippen molar-refractivity contribution in [2.45, 2.75) is 25.8 Å². The van der Waals surface area contributed by atoms with Crippen LogP contribution in [-0.2, 0) is 0 Å². The minimum Gasteiger partial charge on any atom is -0.298 e. The van der Waals surface area contributed by atoms with Crippen LogP contribution in [0.3, 0.4) is 0 Å². The van der Waals surface area contributed by atoms with Gasteiger partial charge in [-0.1, -0.05) is 0 Å². The summed E-state index contributed by atoms with van der Waals surface area (Å²) in [5.41, 5.74) is 1.99. The van der Waals surface area contributed by atoms with Crippen molar-refractivity contribution >= 4 is 22.2 Å². The summed E-state index contributed by atoms with van der Waals surface area (Å²) in [7, 11) is 0. The van der Waals surface area contributed by atoms with E-state index in [9.17, 15) is 4.79 Å². The average Bonchev–Trinajstić information content (AvgIpc) is 3.18. The van der Waals surface area contributed by atoms with Crippen LogP contribution in [0.5, 0.6) is 0 Å². The van der Waals surface area contributed by atoms with Crippen LogP contribution >= 0.6 is 15.9 Å². The molecule has 1 aliphatic rings. The normalized spacial score (nSPS) is 16.3. The van der Waals surface area contributed by atoms with E-state index in [1.165, 1.54) is 12.8 Å². The molecular weight excluding hydrogens is 306 g/mol. The zero-order valence-corrected chi connectivity index (χ0v) is 12.2. The van der Waals surface area contributed by atoms with E-state index < -0.39 is 0 Å². The Balaban J connectivity index is 1.99. The van der Waals surface area contributed by atoms with Crippen molar-refractivity contribution in [2.75, 3.05) is 0 Å². The maximum absolute atomic E-state index is 11.2. The molecule has 1 unspecified atom stereocenters. The summed E-state index contributed by atoms with van der Waals surface area (Å²) >= 11 is 3.35. The number of rotatable bonds is 4. The van der Waals surface area contributed by atoms with E-state index in [-0.39, 0.29) is 0 Å². The highest BCUT2D eigenvalue weighted by molar-refractivity contribution is 9.10. The third kappa shape index (κ3) is 2.47. The highest BCUT2D eigenvalue weighted by Gasteiger charge is 2.30. The molecule has 2 aromatic rings. The molecule has 1 aliphatic carbocycles. The summed E-state index contributed by atoms with van der Waals surface area (Å²) in [5, 5.41) is 4.55. The first kappa shape index (κ1) is 12.5. The number of hydrogen-bond donors (Lipinski definition) is 0. The van der Waals surface area contributed by atoms with E-state index in [1.54, 1.807) is 6.20 Å². The number of nitrogens with zero attached hydrogens (tertiary/aromatic N) is 3. The average molecular weight is 320 g/mol. The summed E-state index contributed by atoms with van der Waals surface area (Å²) in [6, 6.07) is 4.12. The summed E-state index contributed by atoms with van der Waals surface area (Å²) in [6.07, 6.45) is 6.90. The Labute approximate surface area is 120 Å². The molecule has 0 radical (unpaired) electrons.